The molecule has 2 aromatic carbocycles. The molecular formula is C18H16BrCl2NO3S. The van der Waals surface area contributed by atoms with Crippen LogP contribution in [0.25, 0.3) is 0 Å². The van der Waals surface area contributed by atoms with Crippen molar-refractivity contribution < 1.29 is 14.3 Å². The monoisotopic (exact) mass is 475 g/mol. The van der Waals surface area contributed by atoms with Gasteiger partial charge in [0.15, 0.2) is 11.5 Å². The SMILES string of the molecule is CC(SCc1cc2c(cc1Br)OCCO2)C(=O)Nc1c(Cl)cccc1Cl. The van der Waals surface area contributed by atoms with Crippen LogP contribution in [0.5, 0.6) is 11.5 Å². The van der Waals surface area contributed by atoms with E-state index in [0.29, 0.717) is 34.7 Å². The molecule has 3 rings (SSSR count). The van der Waals surface area contributed by atoms with Crippen LogP contribution in [0.3, 0.4) is 0 Å². The van der Waals surface area contributed by atoms with Gasteiger partial charge in [-0.1, -0.05) is 45.2 Å². The number of carbonyl (C=O) groups excluding carboxylic acids is 1. The zero-order valence-corrected chi connectivity index (χ0v) is 17.8. The van der Waals surface area contributed by atoms with E-state index in [1.807, 2.05) is 19.1 Å². The number of nitrogens with one attached hydrogen (secondary N) is 1. The van der Waals surface area contributed by atoms with E-state index < -0.39 is 0 Å². The summed E-state index contributed by atoms with van der Waals surface area (Å²) in [5.41, 5.74) is 1.48. The fourth-order valence-corrected chi connectivity index (χ4v) is 4.37. The first-order chi connectivity index (χ1) is 12.5. The van der Waals surface area contributed by atoms with E-state index in [0.717, 1.165) is 21.5 Å². The molecule has 0 bridgehead atoms. The van der Waals surface area contributed by atoms with Crippen molar-refractivity contribution >= 4 is 62.5 Å². The van der Waals surface area contributed by atoms with Crippen molar-refractivity contribution in [3.63, 3.8) is 0 Å². The van der Waals surface area contributed by atoms with Gasteiger partial charge in [-0.2, -0.15) is 0 Å². The predicted molar refractivity (Wildman–Crippen MR) is 111 cm³/mol. The molecule has 0 saturated heterocycles. The lowest BCUT2D eigenvalue weighted by Crippen LogP contribution is -2.23. The average Bonchev–Trinajstić information content (AvgIpc) is 2.62. The van der Waals surface area contributed by atoms with E-state index in [4.69, 9.17) is 32.7 Å². The van der Waals surface area contributed by atoms with E-state index in [2.05, 4.69) is 21.2 Å². The van der Waals surface area contributed by atoms with Crippen LogP contribution in [0.4, 0.5) is 5.69 Å². The Hall–Kier alpha value is -1.08. The van der Waals surface area contributed by atoms with Gasteiger partial charge in [-0.05, 0) is 36.8 Å². The van der Waals surface area contributed by atoms with Crippen molar-refractivity contribution in [2.24, 2.45) is 0 Å². The van der Waals surface area contributed by atoms with Crippen LogP contribution in [0, 0.1) is 0 Å². The maximum atomic E-state index is 12.5. The highest BCUT2D eigenvalue weighted by molar-refractivity contribution is 9.10. The van der Waals surface area contributed by atoms with Crippen molar-refractivity contribution in [3.8, 4) is 11.5 Å². The highest BCUT2D eigenvalue weighted by Gasteiger charge is 2.19. The van der Waals surface area contributed by atoms with Gasteiger partial charge in [0.2, 0.25) is 5.91 Å². The molecule has 0 radical (unpaired) electrons. The summed E-state index contributed by atoms with van der Waals surface area (Å²) in [5.74, 6) is 1.95. The third kappa shape index (κ3) is 4.60. The first kappa shape index (κ1) is 19.7. The minimum Gasteiger partial charge on any atom is -0.486 e. The lowest BCUT2D eigenvalue weighted by molar-refractivity contribution is -0.115. The fourth-order valence-electron chi connectivity index (χ4n) is 2.35. The second kappa shape index (κ2) is 8.74. The molecule has 1 heterocycles. The van der Waals surface area contributed by atoms with Crippen molar-refractivity contribution in [3.05, 3.63) is 50.4 Å². The van der Waals surface area contributed by atoms with Crippen molar-refractivity contribution in [1.82, 2.24) is 0 Å². The number of thioether (sulfide) groups is 1. The molecule has 1 amide bonds. The van der Waals surface area contributed by atoms with Crippen molar-refractivity contribution in [1.29, 1.82) is 0 Å². The van der Waals surface area contributed by atoms with E-state index in [1.54, 1.807) is 18.2 Å². The van der Waals surface area contributed by atoms with Crippen LogP contribution < -0.4 is 14.8 Å². The molecule has 0 saturated carbocycles. The minimum atomic E-state index is -0.289. The van der Waals surface area contributed by atoms with Gasteiger partial charge in [0.25, 0.3) is 0 Å². The Labute approximate surface area is 174 Å². The van der Waals surface area contributed by atoms with Gasteiger partial charge >= 0.3 is 0 Å². The summed E-state index contributed by atoms with van der Waals surface area (Å²) in [5, 5.41) is 3.34. The molecule has 1 atom stereocenters. The molecular weight excluding hydrogens is 461 g/mol. The van der Waals surface area contributed by atoms with Gasteiger partial charge in [-0.15, -0.1) is 11.8 Å². The standard InChI is InChI=1S/C18H16BrCl2NO3S/c1-10(18(23)22-17-13(20)3-2-4-14(17)21)26-9-11-7-15-16(8-12(11)19)25-6-5-24-15/h2-4,7-8,10H,5-6,9H2,1H3,(H,22,23). The fraction of sp³-hybridized carbons (Fsp3) is 0.278. The zero-order chi connectivity index (χ0) is 18.7. The van der Waals surface area contributed by atoms with Gasteiger partial charge in [0.1, 0.15) is 13.2 Å². The van der Waals surface area contributed by atoms with Crippen LogP contribution >= 0.6 is 50.9 Å². The molecule has 1 aliphatic heterocycles. The van der Waals surface area contributed by atoms with E-state index in [-0.39, 0.29) is 11.2 Å². The van der Waals surface area contributed by atoms with E-state index in [9.17, 15) is 4.79 Å². The molecule has 1 unspecified atom stereocenters. The second-order valence-corrected chi connectivity index (χ2v) is 8.62. The molecule has 4 nitrogen and oxygen atoms in total. The number of amides is 1. The summed E-state index contributed by atoms with van der Waals surface area (Å²) in [6, 6.07) is 8.96. The Morgan fingerprint density at radius 3 is 2.50 bits per heavy atom. The number of hydrogen-bond acceptors (Lipinski definition) is 4. The summed E-state index contributed by atoms with van der Waals surface area (Å²) in [4.78, 5) is 12.5. The molecule has 8 heteroatoms. The summed E-state index contributed by atoms with van der Waals surface area (Å²) in [7, 11) is 0. The van der Waals surface area contributed by atoms with Gasteiger partial charge < -0.3 is 14.8 Å². The van der Waals surface area contributed by atoms with Gasteiger partial charge in [-0.25, -0.2) is 0 Å². The molecule has 2 aromatic rings. The number of halogens is 3. The number of fused-ring (bicyclic) bond motifs is 1. The highest BCUT2D eigenvalue weighted by atomic mass is 79.9. The summed E-state index contributed by atoms with van der Waals surface area (Å²) in [6.45, 7) is 2.94. The van der Waals surface area contributed by atoms with Gasteiger partial charge in [0, 0.05) is 10.2 Å². The Bertz CT molecular complexity index is 814. The van der Waals surface area contributed by atoms with Gasteiger partial charge in [-0.3, -0.25) is 4.79 Å². The summed E-state index contributed by atoms with van der Waals surface area (Å²) in [6.07, 6.45) is 0. The molecule has 0 spiro atoms. The summed E-state index contributed by atoms with van der Waals surface area (Å²) >= 11 is 17.3. The first-order valence-electron chi connectivity index (χ1n) is 7.90. The number of hydrogen-bond donors (Lipinski definition) is 1. The van der Waals surface area contributed by atoms with Crippen molar-refractivity contribution in [2.45, 2.75) is 17.9 Å². The quantitative estimate of drug-likeness (QED) is 0.593. The normalized spacial score (nSPS) is 14.0. The number of benzene rings is 2. The molecule has 138 valence electrons. The Kier molecular flexibility index (Phi) is 6.61. The largest absolute Gasteiger partial charge is 0.486 e. The molecule has 0 aliphatic carbocycles. The molecule has 1 aliphatic rings. The van der Waals surface area contributed by atoms with Crippen LogP contribution in [-0.4, -0.2) is 24.4 Å². The van der Waals surface area contributed by atoms with Crippen LogP contribution in [0.15, 0.2) is 34.8 Å². The second-order valence-electron chi connectivity index (χ2n) is 5.63. The molecule has 0 aromatic heterocycles. The number of ether oxygens (including phenoxy) is 2. The number of rotatable bonds is 5. The molecule has 26 heavy (non-hydrogen) atoms. The number of carbonyl (C=O) groups is 1. The predicted octanol–water partition coefficient (Wildman–Crippen LogP) is 5.79. The van der Waals surface area contributed by atoms with Crippen LogP contribution in [0.2, 0.25) is 10.0 Å². The molecule has 1 N–H and O–H groups in total. The lowest BCUT2D eigenvalue weighted by Gasteiger charge is -2.20. The third-order valence-electron chi connectivity index (χ3n) is 3.78. The smallest absolute Gasteiger partial charge is 0.237 e. The Balaban J connectivity index is 1.63. The van der Waals surface area contributed by atoms with Crippen molar-refractivity contribution in [2.75, 3.05) is 18.5 Å². The minimum absolute atomic E-state index is 0.154. The van der Waals surface area contributed by atoms with E-state index >= 15 is 0 Å². The first-order valence-corrected chi connectivity index (χ1v) is 10.5. The maximum absolute atomic E-state index is 12.5. The lowest BCUT2D eigenvalue weighted by atomic mass is 10.2. The van der Waals surface area contributed by atoms with Crippen LogP contribution in [0.1, 0.15) is 12.5 Å². The highest BCUT2D eigenvalue weighted by Crippen LogP contribution is 2.37. The van der Waals surface area contributed by atoms with E-state index in [1.165, 1.54) is 11.8 Å². The Morgan fingerprint density at radius 1 is 1.23 bits per heavy atom. The molecule has 0 fully saturated rings. The number of anilines is 1. The van der Waals surface area contributed by atoms with Gasteiger partial charge in [0.05, 0.1) is 21.0 Å². The third-order valence-corrected chi connectivity index (χ3v) is 6.34. The topological polar surface area (TPSA) is 47.6 Å². The Morgan fingerprint density at radius 2 is 1.85 bits per heavy atom. The number of para-hydroxylation sites is 1. The zero-order valence-electron chi connectivity index (χ0n) is 13.9. The van der Waals surface area contributed by atoms with Crippen LogP contribution in [-0.2, 0) is 10.5 Å². The maximum Gasteiger partial charge on any atom is 0.237 e. The summed E-state index contributed by atoms with van der Waals surface area (Å²) < 4.78 is 12.1. The average molecular weight is 477 g/mol.